The quantitative estimate of drug-likeness (QED) is 0.628. The molecule has 1 aromatic carbocycles. The van der Waals surface area contributed by atoms with Crippen LogP contribution in [-0.4, -0.2) is 9.91 Å². The molecule has 0 bridgehead atoms. The minimum Gasteiger partial charge on any atom is -0.432 e. The second-order valence-corrected chi connectivity index (χ2v) is 4.01. The number of hydrogen-bond acceptors (Lipinski definition) is 5. The second-order valence-electron chi connectivity index (χ2n) is 4.01. The molecule has 0 amide bonds. The van der Waals surface area contributed by atoms with Crippen molar-refractivity contribution in [1.82, 2.24) is 4.98 Å². The highest BCUT2D eigenvalue weighted by atomic mass is 16.6. The molecular weight excluding hydrogens is 258 g/mol. The summed E-state index contributed by atoms with van der Waals surface area (Å²) in [5.41, 5.74) is 1.15. The molecule has 0 aliphatic rings. The molecule has 1 heterocycles. The first-order valence-electron chi connectivity index (χ1n) is 5.95. The molecule has 0 saturated heterocycles. The third-order valence-electron chi connectivity index (χ3n) is 2.71. The number of pyridine rings is 1. The third kappa shape index (κ3) is 2.90. The Hall–Kier alpha value is -2.94. The van der Waals surface area contributed by atoms with Crippen molar-refractivity contribution in [3.8, 4) is 17.7 Å². The van der Waals surface area contributed by atoms with Crippen molar-refractivity contribution >= 4 is 5.69 Å². The molecule has 0 radical (unpaired) electrons. The molecule has 0 unspecified atom stereocenters. The number of benzene rings is 1. The number of aryl methyl sites for hydroxylation is 1. The van der Waals surface area contributed by atoms with Gasteiger partial charge in [-0.05, 0) is 24.1 Å². The van der Waals surface area contributed by atoms with Gasteiger partial charge in [-0.15, -0.1) is 0 Å². The van der Waals surface area contributed by atoms with Crippen LogP contribution in [0, 0.1) is 21.4 Å². The van der Waals surface area contributed by atoms with Gasteiger partial charge < -0.3 is 4.74 Å². The summed E-state index contributed by atoms with van der Waals surface area (Å²) in [6, 6.07) is 9.78. The molecule has 1 aromatic heterocycles. The van der Waals surface area contributed by atoms with Gasteiger partial charge in [-0.25, -0.2) is 4.98 Å². The van der Waals surface area contributed by atoms with E-state index in [0.717, 1.165) is 5.56 Å². The van der Waals surface area contributed by atoms with Crippen LogP contribution >= 0.6 is 0 Å². The van der Waals surface area contributed by atoms with Crippen molar-refractivity contribution < 1.29 is 9.66 Å². The van der Waals surface area contributed by atoms with Gasteiger partial charge in [0.25, 0.3) is 0 Å². The zero-order valence-corrected chi connectivity index (χ0v) is 10.7. The number of nitro benzene ring substituents is 1. The highest BCUT2D eigenvalue weighted by Gasteiger charge is 2.16. The third-order valence-corrected chi connectivity index (χ3v) is 2.71. The molecule has 6 heteroatoms. The molecule has 0 spiro atoms. The summed E-state index contributed by atoms with van der Waals surface area (Å²) in [5.74, 6) is 0.334. The van der Waals surface area contributed by atoms with Gasteiger partial charge >= 0.3 is 5.69 Å². The number of nitrogens with zero attached hydrogens (tertiary/aromatic N) is 3. The fraction of sp³-hybridized carbons (Fsp3) is 0.143. The Labute approximate surface area is 115 Å². The number of ether oxygens (including phenoxy) is 1. The van der Waals surface area contributed by atoms with Crippen LogP contribution in [0.15, 0.2) is 36.5 Å². The Morgan fingerprint density at radius 2 is 2.20 bits per heavy atom. The van der Waals surface area contributed by atoms with Crippen LogP contribution in [-0.2, 0) is 6.42 Å². The minimum atomic E-state index is -0.488. The Kier molecular flexibility index (Phi) is 3.91. The normalized spacial score (nSPS) is 9.80. The Balaban J connectivity index is 2.32. The highest BCUT2D eigenvalue weighted by molar-refractivity contribution is 5.50. The molecule has 0 N–H and O–H groups in total. The van der Waals surface area contributed by atoms with Crippen LogP contribution in [0.3, 0.4) is 0 Å². The molecule has 0 fully saturated rings. The second kappa shape index (κ2) is 5.80. The van der Waals surface area contributed by atoms with Crippen molar-refractivity contribution in [1.29, 1.82) is 5.26 Å². The van der Waals surface area contributed by atoms with Gasteiger partial charge in [0.2, 0.25) is 11.6 Å². The van der Waals surface area contributed by atoms with Crippen LogP contribution in [0.25, 0.3) is 0 Å². The van der Waals surface area contributed by atoms with Gasteiger partial charge in [0.1, 0.15) is 6.07 Å². The summed E-state index contributed by atoms with van der Waals surface area (Å²) >= 11 is 0. The van der Waals surface area contributed by atoms with E-state index in [9.17, 15) is 10.1 Å². The van der Waals surface area contributed by atoms with E-state index in [1.54, 1.807) is 12.1 Å². The maximum Gasteiger partial charge on any atom is 0.311 e. The molecule has 20 heavy (non-hydrogen) atoms. The lowest BCUT2D eigenvalue weighted by Crippen LogP contribution is -1.96. The summed E-state index contributed by atoms with van der Waals surface area (Å²) in [4.78, 5) is 14.5. The van der Waals surface area contributed by atoms with Crippen LogP contribution in [0.4, 0.5) is 5.69 Å². The minimum absolute atomic E-state index is 0.101. The standard InChI is InChI=1S/C14H11N3O3/c1-2-10-3-5-13(12(7-10)17(18)19)20-14-6-4-11(8-15)9-16-14/h3-7,9H,2H2,1H3. The summed E-state index contributed by atoms with van der Waals surface area (Å²) in [7, 11) is 0. The van der Waals surface area contributed by atoms with Crippen LogP contribution in [0.5, 0.6) is 11.6 Å². The van der Waals surface area contributed by atoms with Gasteiger partial charge in [0, 0.05) is 18.3 Å². The van der Waals surface area contributed by atoms with E-state index < -0.39 is 4.92 Å². The lowest BCUT2D eigenvalue weighted by Gasteiger charge is -2.06. The van der Waals surface area contributed by atoms with E-state index in [1.807, 2.05) is 13.0 Å². The molecule has 0 saturated carbocycles. The number of hydrogen-bond donors (Lipinski definition) is 0. The zero-order valence-electron chi connectivity index (χ0n) is 10.7. The van der Waals surface area contributed by atoms with Crippen molar-refractivity contribution in [2.75, 3.05) is 0 Å². The Bertz CT molecular complexity index is 675. The molecule has 100 valence electrons. The van der Waals surface area contributed by atoms with Crippen molar-refractivity contribution in [3.63, 3.8) is 0 Å². The van der Waals surface area contributed by atoms with Crippen molar-refractivity contribution in [3.05, 3.63) is 57.8 Å². The highest BCUT2D eigenvalue weighted by Crippen LogP contribution is 2.31. The van der Waals surface area contributed by atoms with Crippen LogP contribution in [0.1, 0.15) is 18.1 Å². The first kappa shape index (κ1) is 13.5. The Morgan fingerprint density at radius 3 is 2.75 bits per heavy atom. The van der Waals surface area contributed by atoms with E-state index in [1.165, 1.54) is 24.4 Å². The maximum absolute atomic E-state index is 11.0. The average Bonchev–Trinajstić information content (AvgIpc) is 2.48. The smallest absolute Gasteiger partial charge is 0.311 e. The van der Waals surface area contributed by atoms with E-state index in [-0.39, 0.29) is 17.3 Å². The number of aromatic nitrogens is 1. The SMILES string of the molecule is CCc1ccc(Oc2ccc(C#N)cn2)c([N+](=O)[O-])c1. The van der Waals surface area contributed by atoms with Gasteiger partial charge in [-0.3, -0.25) is 10.1 Å². The first-order chi connectivity index (χ1) is 9.63. The predicted octanol–water partition coefficient (Wildman–Crippen LogP) is 3.22. The molecule has 0 aliphatic carbocycles. The molecule has 2 rings (SSSR count). The van der Waals surface area contributed by atoms with E-state index in [0.29, 0.717) is 12.0 Å². The summed E-state index contributed by atoms with van der Waals surface area (Å²) < 4.78 is 5.41. The van der Waals surface area contributed by atoms with Crippen molar-refractivity contribution in [2.45, 2.75) is 13.3 Å². The molecule has 2 aromatic rings. The van der Waals surface area contributed by atoms with E-state index >= 15 is 0 Å². The Morgan fingerprint density at radius 1 is 1.40 bits per heavy atom. The average molecular weight is 269 g/mol. The topological polar surface area (TPSA) is 89.0 Å². The van der Waals surface area contributed by atoms with Crippen LogP contribution in [0.2, 0.25) is 0 Å². The molecular formula is C14H11N3O3. The van der Waals surface area contributed by atoms with Gasteiger partial charge in [-0.1, -0.05) is 13.0 Å². The number of rotatable bonds is 4. The molecule has 6 nitrogen and oxygen atoms in total. The van der Waals surface area contributed by atoms with E-state index in [2.05, 4.69) is 4.98 Å². The molecule has 0 aliphatic heterocycles. The zero-order chi connectivity index (χ0) is 14.5. The first-order valence-corrected chi connectivity index (χ1v) is 5.95. The summed E-state index contributed by atoms with van der Waals surface area (Å²) in [5, 5.41) is 19.7. The van der Waals surface area contributed by atoms with Crippen molar-refractivity contribution in [2.24, 2.45) is 0 Å². The summed E-state index contributed by atoms with van der Waals surface area (Å²) in [6.45, 7) is 1.92. The lowest BCUT2D eigenvalue weighted by molar-refractivity contribution is -0.385. The fourth-order valence-corrected chi connectivity index (χ4v) is 1.63. The van der Waals surface area contributed by atoms with Crippen LogP contribution < -0.4 is 4.74 Å². The number of nitriles is 1. The largest absolute Gasteiger partial charge is 0.432 e. The van der Waals surface area contributed by atoms with Gasteiger partial charge in [-0.2, -0.15) is 5.26 Å². The van der Waals surface area contributed by atoms with E-state index in [4.69, 9.17) is 10.00 Å². The predicted molar refractivity (Wildman–Crippen MR) is 71.5 cm³/mol. The van der Waals surface area contributed by atoms with Gasteiger partial charge in [0.15, 0.2) is 0 Å². The fourth-order valence-electron chi connectivity index (χ4n) is 1.63. The summed E-state index contributed by atoms with van der Waals surface area (Å²) in [6.07, 6.45) is 2.05. The maximum atomic E-state index is 11.0. The molecule has 0 atom stereocenters. The monoisotopic (exact) mass is 269 g/mol. The number of nitro groups is 1. The lowest BCUT2D eigenvalue weighted by atomic mass is 10.1. The van der Waals surface area contributed by atoms with Gasteiger partial charge in [0.05, 0.1) is 10.5 Å².